The van der Waals surface area contributed by atoms with Crippen molar-refractivity contribution in [3.05, 3.63) is 97.4 Å². The molecular formula is C24H20BrF3N4O3. The number of aliphatic hydroxyl groups is 1. The number of nitrogens with zero attached hydrogens (tertiary/aromatic N) is 4. The molecule has 0 aliphatic carbocycles. The van der Waals surface area contributed by atoms with E-state index < -0.39 is 35.6 Å². The lowest BCUT2D eigenvalue weighted by Crippen LogP contribution is -2.44. The van der Waals surface area contributed by atoms with Crippen molar-refractivity contribution in [3.63, 3.8) is 0 Å². The molecule has 35 heavy (non-hydrogen) atoms. The topological polar surface area (TPSA) is 82.1 Å². The molecule has 0 saturated heterocycles. The Bertz CT molecular complexity index is 1500. The van der Waals surface area contributed by atoms with Gasteiger partial charge in [0.2, 0.25) is 0 Å². The zero-order chi connectivity index (χ0) is 25.5. The van der Waals surface area contributed by atoms with Crippen LogP contribution in [0.5, 0.6) is 0 Å². The molecule has 0 bridgehead atoms. The minimum absolute atomic E-state index is 0.0582. The van der Waals surface area contributed by atoms with Gasteiger partial charge in [-0.2, -0.15) is 18.3 Å². The molecule has 1 unspecified atom stereocenters. The highest BCUT2D eigenvalue weighted by Gasteiger charge is 2.31. The largest absolute Gasteiger partial charge is 0.416 e. The molecule has 2 heterocycles. The van der Waals surface area contributed by atoms with Crippen molar-refractivity contribution >= 4 is 15.9 Å². The first kappa shape index (κ1) is 24.7. The summed E-state index contributed by atoms with van der Waals surface area (Å²) in [6, 6.07) is 12.1. The first-order valence-electron chi connectivity index (χ1n) is 10.5. The van der Waals surface area contributed by atoms with E-state index in [9.17, 15) is 27.9 Å². The smallest absolute Gasteiger partial charge is 0.394 e. The number of benzene rings is 2. The lowest BCUT2D eigenvalue weighted by atomic mass is 10.1. The molecule has 2 aromatic heterocycles. The van der Waals surface area contributed by atoms with Gasteiger partial charge in [-0.15, -0.1) is 0 Å². The van der Waals surface area contributed by atoms with Crippen LogP contribution >= 0.6 is 15.9 Å². The SMILES string of the molecule is Cc1c(-c2ccnn2-c2ccc(Br)cc2)c(=O)n(C(C)CO)c(=O)n1-c1cccc(C(F)(F)F)c1. The molecular weight excluding hydrogens is 529 g/mol. The molecule has 0 spiro atoms. The van der Waals surface area contributed by atoms with Gasteiger partial charge < -0.3 is 5.11 Å². The van der Waals surface area contributed by atoms with Crippen molar-refractivity contribution in [3.8, 4) is 22.6 Å². The van der Waals surface area contributed by atoms with E-state index in [0.29, 0.717) is 11.4 Å². The normalized spacial score (nSPS) is 12.7. The number of alkyl halides is 3. The fraction of sp³-hybridized carbons (Fsp3) is 0.208. The minimum Gasteiger partial charge on any atom is -0.394 e. The number of rotatable bonds is 5. The Labute approximate surface area is 205 Å². The van der Waals surface area contributed by atoms with Crippen LogP contribution in [0.25, 0.3) is 22.6 Å². The first-order valence-corrected chi connectivity index (χ1v) is 11.3. The lowest BCUT2D eigenvalue weighted by molar-refractivity contribution is -0.137. The number of aromatic nitrogens is 4. The summed E-state index contributed by atoms with van der Waals surface area (Å²) in [7, 11) is 0. The number of hydrogen-bond acceptors (Lipinski definition) is 4. The van der Waals surface area contributed by atoms with Crippen molar-refractivity contribution in [2.45, 2.75) is 26.1 Å². The second kappa shape index (κ2) is 9.31. The Kier molecular flexibility index (Phi) is 6.56. The van der Waals surface area contributed by atoms with E-state index in [4.69, 9.17) is 0 Å². The molecule has 0 radical (unpaired) electrons. The van der Waals surface area contributed by atoms with Crippen molar-refractivity contribution in [2.24, 2.45) is 0 Å². The molecule has 1 atom stereocenters. The van der Waals surface area contributed by atoms with Crippen LogP contribution in [0.15, 0.2) is 74.9 Å². The molecule has 2 aromatic carbocycles. The molecule has 4 aromatic rings. The van der Waals surface area contributed by atoms with Gasteiger partial charge in [0.25, 0.3) is 5.56 Å². The summed E-state index contributed by atoms with van der Waals surface area (Å²) in [4.78, 5) is 27.0. The molecule has 0 fully saturated rings. The van der Waals surface area contributed by atoms with Gasteiger partial charge in [-0.05, 0) is 62.4 Å². The maximum absolute atomic E-state index is 13.6. The van der Waals surface area contributed by atoms with Crippen LogP contribution in [-0.4, -0.2) is 30.6 Å². The zero-order valence-electron chi connectivity index (χ0n) is 18.6. The first-order chi connectivity index (χ1) is 16.5. The van der Waals surface area contributed by atoms with Gasteiger partial charge in [0.15, 0.2) is 0 Å². The molecule has 182 valence electrons. The van der Waals surface area contributed by atoms with Gasteiger partial charge in [-0.25, -0.2) is 9.48 Å². The maximum Gasteiger partial charge on any atom is 0.416 e. The summed E-state index contributed by atoms with van der Waals surface area (Å²) in [5, 5.41) is 14.0. The highest BCUT2D eigenvalue weighted by atomic mass is 79.9. The van der Waals surface area contributed by atoms with Crippen LogP contribution in [0.4, 0.5) is 13.2 Å². The summed E-state index contributed by atoms with van der Waals surface area (Å²) in [6.07, 6.45) is -3.14. The van der Waals surface area contributed by atoms with Gasteiger partial charge in [0.1, 0.15) is 0 Å². The molecule has 0 saturated carbocycles. The quantitative estimate of drug-likeness (QED) is 0.398. The van der Waals surface area contributed by atoms with Crippen LogP contribution in [0.1, 0.15) is 24.2 Å². The molecule has 1 N–H and O–H groups in total. The monoisotopic (exact) mass is 548 g/mol. The summed E-state index contributed by atoms with van der Waals surface area (Å²) in [5.74, 6) is 0. The van der Waals surface area contributed by atoms with Gasteiger partial charge >= 0.3 is 11.9 Å². The van der Waals surface area contributed by atoms with Crippen LogP contribution in [0.3, 0.4) is 0 Å². The third-order valence-corrected chi connectivity index (χ3v) is 6.16. The third-order valence-electron chi connectivity index (χ3n) is 5.63. The van der Waals surface area contributed by atoms with Gasteiger partial charge in [0.05, 0.1) is 47.0 Å². The van der Waals surface area contributed by atoms with Crippen molar-refractivity contribution < 1.29 is 18.3 Å². The Hall–Kier alpha value is -3.44. The van der Waals surface area contributed by atoms with E-state index in [2.05, 4.69) is 21.0 Å². The summed E-state index contributed by atoms with van der Waals surface area (Å²) in [5.41, 5.74) is -1.35. The van der Waals surface area contributed by atoms with E-state index in [1.165, 1.54) is 36.9 Å². The minimum atomic E-state index is -4.62. The summed E-state index contributed by atoms with van der Waals surface area (Å²) < 4.78 is 44.4. The molecule has 4 rings (SSSR count). The van der Waals surface area contributed by atoms with Crippen molar-refractivity contribution in [1.82, 2.24) is 18.9 Å². The van der Waals surface area contributed by atoms with E-state index >= 15 is 0 Å². The van der Waals surface area contributed by atoms with Crippen LogP contribution in [-0.2, 0) is 6.18 Å². The lowest BCUT2D eigenvalue weighted by Gasteiger charge is -2.21. The average Bonchev–Trinajstić information content (AvgIpc) is 3.28. The highest BCUT2D eigenvalue weighted by Crippen LogP contribution is 2.31. The average molecular weight is 549 g/mol. The van der Waals surface area contributed by atoms with E-state index in [1.807, 2.05) is 0 Å². The molecule has 0 aliphatic heterocycles. The molecule has 7 nitrogen and oxygen atoms in total. The Morgan fingerprint density at radius 2 is 1.74 bits per heavy atom. The molecule has 0 aliphatic rings. The zero-order valence-corrected chi connectivity index (χ0v) is 20.2. The Morgan fingerprint density at radius 3 is 2.37 bits per heavy atom. The highest BCUT2D eigenvalue weighted by molar-refractivity contribution is 9.10. The van der Waals surface area contributed by atoms with Gasteiger partial charge in [-0.1, -0.05) is 22.0 Å². The van der Waals surface area contributed by atoms with Crippen molar-refractivity contribution in [2.75, 3.05) is 6.61 Å². The predicted molar refractivity (Wildman–Crippen MR) is 128 cm³/mol. The van der Waals surface area contributed by atoms with Crippen LogP contribution in [0.2, 0.25) is 0 Å². The second-order valence-corrected chi connectivity index (χ2v) is 8.85. The van der Waals surface area contributed by atoms with Gasteiger partial charge in [0, 0.05) is 10.2 Å². The number of aliphatic hydroxyl groups excluding tert-OH is 1. The fourth-order valence-electron chi connectivity index (χ4n) is 3.90. The summed E-state index contributed by atoms with van der Waals surface area (Å²) in [6.45, 7) is 2.45. The molecule has 11 heteroatoms. The Morgan fingerprint density at radius 1 is 1.06 bits per heavy atom. The Balaban J connectivity index is 2.07. The molecule has 0 amide bonds. The third kappa shape index (κ3) is 4.48. The van der Waals surface area contributed by atoms with Crippen LogP contribution in [0, 0.1) is 6.92 Å². The van der Waals surface area contributed by atoms with E-state index in [-0.39, 0.29) is 16.9 Å². The van der Waals surface area contributed by atoms with E-state index in [1.54, 1.807) is 30.3 Å². The van der Waals surface area contributed by atoms with Crippen molar-refractivity contribution in [1.29, 1.82) is 0 Å². The summed E-state index contributed by atoms with van der Waals surface area (Å²) >= 11 is 3.37. The maximum atomic E-state index is 13.6. The fourth-order valence-corrected chi connectivity index (χ4v) is 4.16. The second-order valence-electron chi connectivity index (χ2n) is 7.94. The number of halogens is 4. The van der Waals surface area contributed by atoms with Gasteiger partial charge in [-0.3, -0.25) is 13.9 Å². The van der Waals surface area contributed by atoms with E-state index in [0.717, 1.165) is 25.7 Å². The van der Waals surface area contributed by atoms with Crippen LogP contribution < -0.4 is 11.2 Å². The predicted octanol–water partition coefficient (Wildman–Crippen LogP) is 4.49. The number of hydrogen-bond donors (Lipinski definition) is 1. The standard InChI is InChI=1S/C24H20BrF3N4O3/c1-14(13-33)30-22(34)21(20-10-11-29-32(20)18-8-6-17(25)7-9-18)15(2)31(23(30)35)19-5-3-4-16(12-19)24(26,27)28/h3-12,14,33H,13H2,1-2H3.